The Hall–Kier alpha value is -4.04. The van der Waals surface area contributed by atoms with Gasteiger partial charge >= 0.3 is 0 Å². The molecule has 0 spiro atoms. The van der Waals surface area contributed by atoms with Gasteiger partial charge in [-0.05, 0) is 55.0 Å². The molecule has 3 aromatic carbocycles. The van der Waals surface area contributed by atoms with Gasteiger partial charge in [0.15, 0.2) is 0 Å². The van der Waals surface area contributed by atoms with Gasteiger partial charge in [-0.25, -0.2) is 0 Å². The summed E-state index contributed by atoms with van der Waals surface area (Å²) in [6.07, 6.45) is 1.41. The average Bonchev–Trinajstić information content (AvgIpc) is 2.72. The summed E-state index contributed by atoms with van der Waals surface area (Å²) in [4.78, 5) is 12.4. The van der Waals surface area contributed by atoms with Gasteiger partial charge in [0.1, 0.15) is 23.1 Å². The highest BCUT2D eigenvalue weighted by molar-refractivity contribution is 6.06. The minimum Gasteiger partial charge on any atom is -0.457 e. The van der Waals surface area contributed by atoms with E-state index < -0.39 is 5.91 Å². The van der Waals surface area contributed by atoms with Gasteiger partial charge in [0.25, 0.3) is 5.91 Å². The summed E-state index contributed by atoms with van der Waals surface area (Å²) in [5.74, 6) is 0.901. The van der Waals surface area contributed by atoms with Crippen LogP contribution in [0.4, 0.5) is 11.4 Å². The van der Waals surface area contributed by atoms with E-state index in [0.717, 1.165) is 17.0 Å². The number of anilines is 2. The number of hydrogen-bond donors (Lipinski definition) is 2. The highest BCUT2D eigenvalue weighted by atomic mass is 16.5. The van der Waals surface area contributed by atoms with Crippen molar-refractivity contribution in [3.63, 3.8) is 0 Å². The number of nitrogens with one attached hydrogen (secondary N) is 2. The molecular weight excluding hydrogens is 350 g/mol. The van der Waals surface area contributed by atoms with E-state index >= 15 is 0 Å². The van der Waals surface area contributed by atoms with Crippen LogP contribution in [-0.4, -0.2) is 5.91 Å². The maximum Gasteiger partial charge on any atom is 0.267 e. The lowest BCUT2D eigenvalue weighted by atomic mass is 10.2. The van der Waals surface area contributed by atoms with Gasteiger partial charge in [-0.15, -0.1) is 0 Å². The molecule has 3 aromatic rings. The minimum atomic E-state index is -0.486. The van der Waals surface area contributed by atoms with Crippen molar-refractivity contribution in [1.82, 2.24) is 0 Å². The molecule has 1 amide bonds. The summed E-state index contributed by atoms with van der Waals surface area (Å²) in [7, 11) is 0. The molecule has 0 unspecified atom stereocenters. The van der Waals surface area contributed by atoms with E-state index in [0.29, 0.717) is 11.4 Å². The molecule has 0 aromatic heterocycles. The van der Waals surface area contributed by atoms with E-state index in [2.05, 4.69) is 10.6 Å². The fraction of sp³-hybridized carbons (Fsp3) is 0.0435. The molecule has 28 heavy (non-hydrogen) atoms. The molecule has 0 saturated carbocycles. The molecule has 3 rings (SSSR count). The van der Waals surface area contributed by atoms with E-state index in [9.17, 15) is 10.1 Å². The zero-order valence-corrected chi connectivity index (χ0v) is 15.3. The number of rotatable bonds is 6. The van der Waals surface area contributed by atoms with Crippen molar-refractivity contribution in [2.45, 2.75) is 6.92 Å². The number of amides is 1. The number of hydrogen-bond acceptors (Lipinski definition) is 4. The van der Waals surface area contributed by atoms with Crippen molar-refractivity contribution in [2.75, 3.05) is 10.6 Å². The SMILES string of the molecule is Cc1ccccc1N/C=C(/C#N)C(=O)Nc1ccc(Oc2ccccc2)cc1. The summed E-state index contributed by atoms with van der Waals surface area (Å²) >= 11 is 0. The van der Waals surface area contributed by atoms with Gasteiger partial charge < -0.3 is 15.4 Å². The first-order chi connectivity index (χ1) is 13.7. The molecule has 0 fully saturated rings. The van der Waals surface area contributed by atoms with E-state index in [1.807, 2.05) is 67.6 Å². The highest BCUT2D eigenvalue weighted by Gasteiger charge is 2.10. The summed E-state index contributed by atoms with van der Waals surface area (Å²) in [5.41, 5.74) is 2.41. The Morgan fingerprint density at radius 3 is 2.25 bits per heavy atom. The molecule has 0 aliphatic rings. The Morgan fingerprint density at radius 1 is 0.929 bits per heavy atom. The molecule has 5 heteroatoms. The fourth-order valence-corrected chi connectivity index (χ4v) is 2.46. The smallest absolute Gasteiger partial charge is 0.267 e. The Labute approximate surface area is 163 Å². The Balaban J connectivity index is 1.63. The maximum absolute atomic E-state index is 12.4. The van der Waals surface area contributed by atoms with Crippen molar-refractivity contribution in [2.24, 2.45) is 0 Å². The Kier molecular flexibility index (Phi) is 6.06. The molecule has 138 valence electrons. The van der Waals surface area contributed by atoms with Crippen LogP contribution in [0.2, 0.25) is 0 Å². The van der Waals surface area contributed by atoms with Crippen LogP contribution in [0.3, 0.4) is 0 Å². The normalized spacial score (nSPS) is 10.6. The molecule has 0 aliphatic heterocycles. The van der Waals surface area contributed by atoms with Gasteiger partial charge in [0.05, 0.1) is 0 Å². The van der Waals surface area contributed by atoms with Crippen LogP contribution >= 0.6 is 0 Å². The van der Waals surface area contributed by atoms with E-state index in [1.165, 1.54) is 6.20 Å². The van der Waals surface area contributed by atoms with E-state index in [-0.39, 0.29) is 5.57 Å². The van der Waals surface area contributed by atoms with Gasteiger partial charge in [0.2, 0.25) is 0 Å². The predicted molar refractivity (Wildman–Crippen MR) is 110 cm³/mol. The third-order valence-corrected chi connectivity index (χ3v) is 3.97. The van der Waals surface area contributed by atoms with Gasteiger partial charge in [0, 0.05) is 17.6 Å². The average molecular weight is 369 g/mol. The standard InChI is InChI=1S/C23H19N3O2/c1-17-7-5-6-10-22(17)25-16-18(15-24)23(27)26-19-11-13-21(14-12-19)28-20-8-3-2-4-9-20/h2-14,16,25H,1H3,(H,26,27)/b18-16-. The number of carbonyl (C=O) groups excluding carboxylic acids is 1. The number of aryl methyl sites for hydroxylation is 1. The van der Waals surface area contributed by atoms with Gasteiger partial charge in [-0.2, -0.15) is 5.26 Å². The second kappa shape index (κ2) is 9.06. The van der Waals surface area contributed by atoms with Crippen LogP contribution in [0.15, 0.2) is 90.6 Å². The largest absolute Gasteiger partial charge is 0.457 e. The Morgan fingerprint density at radius 2 is 1.57 bits per heavy atom. The number of nitrogens with zero attached hydrogens (tertiary/aromatic N) is 1. The number of para-hydroxylation sites is 2. The van der Waals surface area contributed by atoms with Crippen molar-refractivity contribution >= 4 is 17.3 Å². The topological polar surface area (TPSA) is 74.2 Å². The van der Waals surface area contributed by atoms with Crippen molar-refractivity contribution in [3.8, 4) is 17.6 Å². The molecule has 5 nitrogen and oxygen atoms in total. The lowest BCUT2D eigenvalue weighted by molar-refractivity contribution is -0.112. The predicted octanol–water partition coefficient (Wildman–Crippen LogP) is 5.25. The first kappa shape index (κ1) is 18.7. The monoisotopic (exact) mass is 369 g/mol. The molecule has 0 heterocycles. The maximum atomic E-state index is 12.4. The minimum absolute atomic E-state index is 0.0205. The first-order valence-electron chi connectivity index (χ1n) is 8.72. The van der Waals surface area contributed by atoms with Crippen LogP contribution in [-0.2, 0) is 4.79 Å². The van der Waals surface area contributed by atoms with E-state index in [4.69, 9.17) is 4.74 Å². The number of benzene rings is 3. The first-order valence-corrected chi connectivity index (χ1v) is 8.72. The second-order valence-electron chi connectivity index (χ2n) is 6.02. The lowest BCUT2D eigenvalue weighted by Crippen LogP contribution is -2.14. The molecule has 0 radical (unpaired) electrons. The molecule has 2 N–H and O–H groups in total. The summed E-state index contributed by atoms with van der Waals surface area (Å²) < 4.78 is 5.72. The summed E-state index contributed by atoms with van der Waals surface area (Å²) in [5, 5.41) is 15.0. The zero-order chi connectivity index (χ0) is 19.8. The molecule has 0 bridgehead atoms. The number of ether oxygens (including phenoxy) is 1. The van der Waals surface area contributed by atoms with Crippen molar-refractivity contribution in [1.29, 1.82) is 5.26 Å². The lowest BCUT2D eigenvalue weighted by Gasteiger charge is -2.08. The van der Waals surface area contributed by atoms with E-state index in [1.54, 1.807) is 24.3 Å². The molecule has 0 atom stereocenters. The molecular formula is C23H19N3O2. The molecule has 0 saturated heterocycles. The van der Waals surface area contributed by atoms with Crippen LogP contribution < -0.4 is 15.4 Å². The summed E-state index contributed by atoms with van der Waals surface area (Å²) in [6, 6.07) is 25.9. The number of carbonyl (C=O) groups is 1. The number of nitriles is 1. The van der Waals surface area contributed by atoms with Crippen molar-refractivity contribution in [3.05, 3.63) is 96.2 Å². The quantitative estimate of drug-likeness (QED) is 0.460. The van der Waals surface area contributed by atoms with Crippen LogP contribution in [0.1, 0.15) is 5.56 Å². The zero-order valence-electron chi connectivity index (χ0n) is 15.3. The van der Waals surface area contributed by atoms with Crippen LogP contribution in [0.5, 0.6) is 11.5 Å². The van der Waals surface area contributed by atoms with Crippen molar-refractivity contribution < 1.29 is 9.53 Å². The Bertz CT molecular complexity index is 1020. The van der Waals surface area contributed by atoms with Gasteiger partial charge in [-0.3, -0.25) is 4.79 Å². The third kappa shape index (κ3) is 4.99. The van der Waals surface area contributed by atoms with Crippen LogP contribution in [0, 0.1) is 18.3 Å². The summed E-state index contributed by atoms with van der Waals surface area (Å²) in [6.45, 7) is 1.95. The fourth-order valence-electron chi connectivity index (χ4n) is 2.46. The molecule has 0 aliphatic carbocycles. The van der Waals surface area contributed by atoms with Crippen LogP contribution in [0.25, 0.3) is 0 Å². The second-order valence-corrected chi connectivity index (χ2v) is 6.02. The third-order valence-electron chi connectivity index (χ3n) is 3.97. The highest BCUT2D eigenvalue weighted by Crippen LogP contribution is 2.23. The van der Waals surface area contributed by atoms with Gasteiger partial charge in [-0.1, -0.05) is 36.4 Å².